The Morgan fingerprint density at radius 3 is 2.53 bits per heavy atom. The number of piperidine rings is 1. The average molecular weight is 233 g/mol. The van der Waals surface area contributed by atoms with Crippen molar-refractivity contribution in [3.05, 3.63) is 29.3 Å². The third-order valence-corrected chi connectivity index (χ3v) is 3.51. The molecule has 3 nitrogen and oxygen atoms in total. The van der Waals surface area contributed by atoms with Crippen LogP contribution in [0.4, 0.5) is 0 Å². The average Bonchev–Trinajstić information content (AvgIpc) is 2.33. The van der Waals surface area contributed by atoms with E-state index in [9.17, 15) is 10.0 Å². The zero-order valence-electron chi connectivity index (χ0n) is 10.4. The van der Waals surface area contributed by atoms with Crippen LogP contribution in [0, 0.1) is 6.92 Å². The quantitative estimate of drug-likeness (QED) is 0.754. The molecule has 0 unspecified atom stereocenters. The predicted molar refractivity (Wildman–Crippen MR) is 70.1 cm³/mol. The van der Waals surface area contributed by atoms with Crippen molar-refractivity contribution >= 4 is 12.6 Å². The Hall–Kier alpha value is -0.835. The Bertz CT molecular complexity index is 376. The lowest BCUT2D eigenvalue weighted by molar-refractivity contribution is 0.220. The van der Waals surface area contributed by atoms with E-state index in [2.05, 4.69) is 11.8 Å². The van der Waals surface area contributed by atoms with Crippen molar-refractivity contribution < 1.29 is 10.0 Å². The first kappa shape index (κ1) is 12.6. The van der Waals surface area contributed by atoms with E-state index in [-0.39, 0.29) is 0 Å². The highest BCUT2D eigenvalue weighted by atomic mass is 16.4. The van der Waals surface area contributed by atoms with E-state index in [1.54, 1.807) is 6.07 Å². The molecule has 2 rings (SSSR count). The second-order valence-corrected chi connectivity index (χ2v) is 4.90. The van der Waals surface area contributed by atoms with Gasteiger partial charge in [0.1, 0.15) is 0 Å². The molecule has 0 amide bonds. The Morgan fingerprint density at radius 1 is 1.18 bits per heavy atom. The molecule has 0 radical (unpaired) electrons. The molecule has 0 atom stereocenters. The summed E-state index contributed by atoms with van der Waals surface area (Å²) in [6.45, 7) is 5.32. The minimum absolute atomic E-state index is 0.586. The summed E-state index contributed by atoms with van der Waals surface area (Å²) in [4.78, 5) is 2.44. The number of likely N-dealkylation sites (tertiary alicyclic amines) is 1. The number of hydrogen-bond acceptors (Lipinski definition) is 3. The molecule has 0 saturated carbocycles. The van der Waals surface area contributed by atoms with Gasteiger partial charge in [0.05, 0.1) is 0 Å². The fraction of sp³-hybridized carbons (Fsp3) is 0.538. The van der Waals surface area contributed by atoms with Gasteiger partial charge in [-0.3, -0.25) is 4.90 Å². The van der Waals surface area contributed by atoms with E-state index in [1.165, 1.54) is 30.4 Å². The van der Waals surface area contributed by atoms with Crippen LogP contribution in [-0.2, 0) is 6.54 Å². The van der Waals surface area contributed by atoms with Gasteiger partial charge in [-0.15, -0.1) is 0 Å². The van der Waals surface area contributed by atoms with Gasteiger partial charge in [-0.25, -0.2) is 0 Å². The molecular weight excluding hydrogens is 213 g/mol. The van der Waals surface area contributed by atoms with Crippen LogP contribution in [0.5, 0.6) is 0 Å². The number of nitrogens with zero attached hydrogens (tertiary/aromatic N) is 1. The molecule has 1 saturated heterocycles. The fourth-order valence-corrected chi connectivity index (χ4v) is 2.38. The van der Waals surface area contributed by atoms with Crippen LogP contribution in [0.1, 0.15) is 30.4 Å². The second-order valence-electron chi connectivity index (χ2n) is 4.90. The number of rotatable bonds is 3. The summed E-state index contributed by atoms with van der Waals surface area (Å²) in [5.41, 5.74) is 3.01. The highest BCUT2D eigenvalue weighted by Crippen LogP contribution is 2.14. The van der Waals surface area contributed by atoms with Crippen molar-refractivity contribution in [1.29, 1.82) is 0 Å². The van der Waals surface area contributed by atoms with Gasteiger partial charge in [0.2, 0.25) is 0 Å². The number of benzene rings is 1. The van der Waals surface area contributed by atoms with Gasteiger partial charge in [0, 0.05) is 6.54 Å². The molecular formula is C13H20BNO2. The number of aryl methyl sites for hydroxylation is 1. The van der Waals surface area contributed by atoms with Crippen molar-refractivity contribution in [2.45, 2.75) is 32.7 Å². The van der Waals surface area contributed by atoms with Gasteiger partial charge in [0.25, 0.3) is 0 Å². The summed E-state index contributed by atoms with van der Waals surface area (Å²) in [6.07, 6.45) is 3.90. The first-order chi connectivity index (χ1) is 8.16. The van der Waals surface area contributed by atoms with E-state index >= 15 is 0 Å². The summed E-state index contributed by atoms with van der Waals surface area (Å²) in [6, 6.07) is 5.66. The van der Waals surface area contributed by atoms with E-state index in [0.717, 1.165) is 19.6 Å². The van der Waals surface area contributed by atoms with Gasteiger partial charge in [-0.2, -0.15) is 0 Å². The van der Waals surface area contributed by atoms with E-state index < -0.39 is 7.12 Å². The van der Waals surface area contributed by atoms with Gasteiger partial charge in [-0.05, 0) is 49.4 Å². The SMILES string of the molecule is Cc1ccc(B(O)O)cc1CN1CCCCC1. The minimum atomic E-state index is -1.37. The molecule has 1 aliphatic rings. The van der Waals surface area contributed by atoms with Crippen LogP contribution in [-0.4, -0.2) is 35.2 Å². The maximum Gasteiger partial charge on any atom is 0.488 e. The topological polar surface area (TPSA) is 43.7 Å². The first-order valence-electron chi connectivity index (χ1n) is 6.35. The molecule has 0 aromatic heterocycles. The van der Waals surface area contributed by atoms with Crippen molar-refractivity contribution in [3.8, 4) is 0 Å². The van der Waals surface area contributed by atoms with E-state index in [1.807, 2.05) is 12.1 Å². The zero-order valence-corrected chi connectivity index (χ0v) is 10.4. The zero-order chi connectivity index (χ0) is 12.3. The monoisotopic (exact) mass is 233 g/mol. The lowest BCUT2D eigenvalue weighted by Gasteiger charge is -2.27. The predicted octanol–water partition coefficient (Wildman–Crippen LogP) is 0.661. The van der Waals surface area contributed by atoms with Crippen LogP contribution >= 0.6 is 0 Å². The smallest absolute Gasteiger partial charge is 0.423 e. The summed E-state index contributed by atoms with van der Waals surface area (Å²) < 4.78 is 0. The van der Waals surface area contributed by atoms with Crippen LogP contribution in [0.15, 0.2) is 18.2 Å². The first-order valence-corrected chi connectivity index (χ1v) is 6.35. The van der Waals surface area contributed by atoms with Crippen molar-refractivity contribution in [1.82, 2.24) is 4.90 Å². The Balaban J connectivity index is 2.10. The third-order valence-electron chi connectivity index (χ3n) is 3.51. The highest BCUT2D eigenvalue weighted by molar-refractivity contribution is 6.58. The Morgan fingerprint density at radius 2 is 1.88 bits per heavy atom. The maximum absolute atomic E-state index is 9.19. The summed E-state index contributed by atoms with van der Waals surface area (Å²) in [7, 11) is -1.37. The van der Waals surface area contributed by atoms with Gasteiger partial charge < -0.3 is 10.0 Å². The molecule has 1 fully saturated rings. The minimum Gasteiger partial charge on any atom is -0.423 e. The normalized spacial score (nSPS) is 17.1. The molecule has 0 bridgehead atoms. The lowest BCUT2D eigenvalue weighted by atomic mass is 9.79. The van der Waals surface area contributed by atoms with Crippen molar-refractivity contribution in [2.75, 3.05) is 13.1 Å². The molecule has 1 heterocycles. The maximum atomic E-state index is 9.19. The number of hydrogen-bond donors (Lipinski definition) is 2. The van der Waals surface area contributed by atoms with Gasteiger partial charge in [-0.1, -0.05) is 24.6 Å². The Kier molecular flexibility index (Phi) is 4.21. The van der Waals surface area contributed by atoms with E-state index in [4.69, 9.17) is 0 Å². The van der Waals surface area contributed by atoms with Crippen molar-refractivity contribution in [2.24, 2.45) is 0 Å². The summed E-state index contributed by atoms with van der Waals surface area (Å²) in [5, 5.41) is 18.4. The van der Waals surface area contributed by atoms with Crippen LogP contribution in [0.3, 0.4) is 0 Å². The van der Waals surface area contributed by atoms with Gasteiger partial charge in [0.15, 0.2) is 0 Å². The second kappa shape index (κ2) is 5.67. The standard InChI is InChI=1S/C13H20BNO2/c1-11-5-6-13(14(16)17)9-12(11)10-15-7-3-2-4-8-15/h5-6,9,16-17H,2-4,7-8,10H2,1H3. The Labute approximate surface area is 103 Å². The molecule has 1 aromatic rings. The molecule has 4 heteroatoms. The molecule has 0 spiro atoms. The lowest BCUT2D eigenvalue weighted by Crippen LogP contribution is -2.32. The molecule has 1 aliphatic heterocycles. The van der Waals surface area contributed by atoms with Crippen LogP contribution in [0.25, 0.3) is 0 Å². The molecule has 2 N–H and O–H groups in total. The molecule has 1 aromatic carbocycles. The summed E-state index contributed by atoms with van der Waals surface area (Å²) >= 11 is 0. The molecule has 17 heavy (non-hydrogen) atoms. The van der Waals surface area contributed by atoms with E-state index in [0.29, 0.717) is 5.46 Å². The third kappa shape index (κ3) is 3.31. The fourth-order valence-electron chi connectivity index (χ4n) is 2.38. The van der Waals surface area contributed by atoms with Gasteiger partial charge >= 0.3 is 7.12 Å². The van der Waals surface area contributed by atoms with Crippen LogP contribution in [0.2, 0.25) is 0 Å². The molecule has 0 aliphatic carbocycles. The molecule has 92 valence electrons. The van der Waals surface area contributed by atoms with Crippen LogP contribution < -0.4 is 5.46 Å². The largest absolute Gasteiger partial charge is 0.488 e. The summed E-state index contributed by atoms with van der Waals surface area (Å²) in [5.74, 6) is 0. The van der Waals surface area contributed by atoms with Crippen molar-refractivity contribution in [3.63, 3.8) is 0 Å². The highest BCUT2D eigenvalue weighted by Gasteiger charge is 2.15.